The summed E-state index contributed by atoms with van der Waals surface area (Å²) in [7, 11) is 1.80. The van der Waals surface area contributed by atoms with Crippen LogP contribution in [0.5, 0.6) is 0 Å². The first-order valence-electron chi connectivity index (χ1n) is 3.82. The van der Waals surface area contributed by atoms with Gasteiger partial charge in [0, 0.05) is 7.05 Å². The Labute approximate surface area is 82.4 Å². The first-order chi connectivity index (χ1) is 5.90. The van der Waals surface area contributed by atoms with E-state index in [9.17, 15) is 5.11 Å². The van der Waals surface area contributed by atoms with E-state index in [0.717, 1.165) is 0 Å². The monoisotopic (exact) mass is 198 g/mol. The highest BCUT2D eigenvalue weighted by molar-refractivity contribution is 6.30. The number of rotatable bonds is 0. The average molecular weight is 199 g/mol. The third-order valence-corrected chi connectivity index (χ3v) is 1.66. The van der Waals surface area contributed by atoms with Crippen molar-refractivity contribution in [1.82, 2.24) is 9.55 Å². The number of halogens is 1. The van der Waals surface area contributed by atoms with E-state index < -0.39 is 5.60 Å². The largest absolute Gasteiger partial charge is 0.378 e. The third-order valence-electron chi connectivity index (χ3n) is 1.38. The van der Waals surface area contributed by atoms with E-state index in [2.05, 4.69) is 16.8 Å². The maximum absolute atomic E-state index is 9.35. The summed E-state index contributed by atoms with van der Waals surface area (Å²) in [5.41, 5.74) is -0.392. The molecule has 1 heterocycles. The van der Waals surface area contributed by atoms with Crippen LogP contribution >= 0.6 is 11.6 Å². The number of imidazole rings is 1. The summed E-state index contributed by atoms with van der Waals surface area (Å²) in [5, 5.41) is 9.71. The summed E-state index contributed by atoms with van der Waals surface area (Å²) in [6.07, 6.45) is 1.58. The molecule has 0 aliphatic rings. The second-order valence-electron chi connectivity index (χ2n) is 3.30. The molecule has 1 aromatic rings. The van der Waals surface area contributed by atoms with Crippen LogP contribution in [-0.2, 0) is 7.05 Å². The van der Waals surface area contributed by atoms with Crippen LogP contribution in [0.2, 0.25) is 5.15 Å². The van der Waals surface area contributed by atoms with E-state index >= 15 is 0 Å². The Balaban J connectivity index is 3.02. The zero-order chi connectivity index (χ0) is 10.1. The Morgan fingerprint density at radius 2 is 2.23 bits per heavy atom. The topological polar surface area (TPSA) is 38.0 Å². The second kappa shape index (κ2) is 3.41. The Kier molecular flexibility index (Phi) is 2.65. The molecule has 0 aromatic carbocycles. The zero-order valence-electron chi connectivity index (χ0n) is 7.80. The minimum Gasteiger partial charge on any atom is -0.378 e. The quantitative estimate of drug-likeness (QED) is 0.637. The van der Waals surface area contributed by atoms with Crippen molar-refractivity contribution in [2.45, 2.75) is 19.4 Å². The molecule has 13 heavy (non-hydrogen) atoms. The van der Waals surface area contributed by atoms with Crippen molar-refractivity contribution >= 4 is 11.6 Å². The molecule has 1 rings (SSSR count). The van der Waals surface area contributed by atoms with E-state index in [-0.39, 0.29) is 0 Å². The van der Waals surface area contributed by atoms with Crippen LogP contribution in [0.4, 0.5) is 0 Å². The van der Waals surface area contributed by atoms with Crippen LogP contribution in [0.25, 0.3) is 0 Å². The molecule has 4 heteroatoms. The molecule has 0 saturated heterocycles. The molecule has 0 unspecified atom stereocenters. The Hall–Kier alpha value is -0.980. The number of hydrogen-bond acceptors (Lipinski definition) is 2. The van der Waals surface area contributed by atoms with E-state index in [1.165, 1.54) is 0 Å². The predicted molar refractivity (Wildman–Crippen MR) is 51.4 cm³/mol. The van der Waals surface area contributed by atoms with Gasteiger partial charge in [0.15, 0.2) is 5.15 Å². The van der Waals surface area contributed by atoms with Gasteiger partial charge in [-0.25, -0.2) is 4.98 Å². The molecule has 1 aromatic heterocycles. The van der Waals surface area contributed by atoms with E-state index in [0.29, 0.717) is 10.8 Å². The lowest BCUT2D eigenvalue weighted by molar-refractivity contribution is 0.143. The molecule has 0 aliphatic heterocycles. The van der Waals surface area contributed by atoms with Crippen molar-refractivity contribution in [2.24, 2.45) is 7.05 Å². The van der Waals surface area contributed by atoms with Gasteiger partial charge in [0.1, 0.15) is 11.3 Å². The van der Waals surface area contributed by atoms with Gasteiger partial charge in [0.25, 0.3) is 0 Å². The summed E-state index contributed by atoms with van der Waals surface area (Å²) >= 11 is 5.76. The van der Waals surface area contributed by atoms with Crippen LogP contribution < -0.4 is 0 Å². The molecule has 0 aliphatic carbocycles. The fourth-order valence-electron chi connectivity index (χ4n) is 0.754. The molecule has 0 saturated carbocycles. The summed E-state index contributed by atoms with van der Waals surface area (Å²) in [6.45, 7) is 3.23. The standard InChI is InChI=1S/C9H11ClN2O/c1-9(2,13)5-4-7-8(10)11-6-12(7)3/h6,13H,1-3H3. The van der Waals surface area contributed by atoms with Gasteiger partial charge in [-0.05, 0) is 19.8 Å². The number of hydrogen-bond donors (Lipinski definition) is 1. The highest BCUT2D eigenvalue weighted by atomic mass is 35.5. The number of aryl methyl sites for hydroxylation is 1. The molecule has 0 atom stereocenters. The highest BCUT2D eigenvalue weighted by Gasteiger charge is 2.08. The Morgan fingerprint density at radius 3 is 2.62 bits per heavy atom. The van der Waals surface area contributed by atoms with Crippen molar-refractivity contribution in [3.8, 4) is 11.8 Å². The van der Waals surface area contributed by atoms with Gasteiger partial charge in [-0.2, -0.15) is 0 Å². The van der Waals surface area contributed by atoms with Crippen molar-refractivity contribution in [1.29, 1.82) is 0 Å². The molecule has 0 radical (unpaired) electrons. The van der Waals surface area contributed by atoms with Crippen LogP contribution in [0.15, 0.2) is 6.33 Å². The first kappa shape index (κ1) is 10.1. The van der Waals surface area contributed by atoms with Crippen LogP contribution in [0.3, 0.4) is 0 Å². The summed E-state index contributed by atoms with van der Waals surface area (Å²) in [5.74, 6) is 5.44. The average Bonchev–Trinajstić information content (AvgIpc) is 2.27. The molecule has 0 amide bonds. The van der Waals surface area contributed by atoms with Crippen molar-refractivity contribution in [3.05, 3.63) is 17.2 Å². The van der Waals surface area contributed by atoms with E-state index in [4.69, 9.17) is 11.6 Å². The van der Waals surface area contributed by atoms with Gasteiger partial charge in [0.05, 0.1) is 6.33 Å². The third kappa shape index (κ3) is 2.76. The smallest absolute Gasteiger partial charge is 0.163 e. The zero-order valence-corrected chi connectivity index (χ0v) is 8.55. The minimum atomic E-state index is -1.01. The molecule has 0 spiro atoms. The molecule has 3 nitrogen and oxygen atoms in total. The summed E-state index contributed by atoms with van der Waals surface area (Å²) in [4.78, 5) is 3.86. The van der Waals surface area contributed by atoms with Gasteiger partial charge in [-0.1, -0.05) is 17.5 Å². The SMILES string of the molecule is Cn1cnc(Cl)c1C#CC(C)(C)O. The molecule has 0 bridgehead atoms. The second-order valence-corrected chi connectivity index (χ2v) is 3.66. The minimum absolute atomic E-state index is 0.360. The highest BCUT2D eigenvalue weighted by Crippen LogP contribution is 2.11. The number of aromatic nitrogens is 2. The molecule has 0 fully saturated rings. The fraction of sp³-hybridized carbons (Fsp3) is 0.444. The molecule has 1 N–H and O–H groups in total. The Morgan fingerprint density at radius 1 is 1.62 bits per heavy atom. The predicted octanol–water partition coefficient (Wildman–Crippen LogP) is 1.20. The van der Waals surface area contributed by atoms with Crippen LogP contribution in [-0.4, -0.2) is 20.3 Å². The maximum atomic E-state index is 9.35. The maximum Gasteiger partial charge on any atom is 0.163 e. The normalized spacial score (nSPS) is 10.8. The van der Waals surface area contributed by atoms with E-state index in [1.54, 1.807) is 31.8 Å². The van der Waals surface area contributed by atoms with Gasteiger partial charge in [-0.15, -0.1) is 0 Å². The van der Waals surface area contributed by atoms with E-state index in [1.807, 2.05) is 0 Å². The van der Waals surface area contributed by atoms with Crippen molar-refractivity contribution in [2.75, 3.05) is 0 Å². The van der Waals surface area contributed by atoms with Crippen LogP contribution in [0, 0.1) is 11.8 Å². The van der Waals surface area contributed by atoms with Gasteiger partial charge in [0.2, 0.25) is 0 Å². The number of aliphatic hydroxyl groups is 1. The van der Waals surface area contributed by atoms with Crippen LogP contribution in [0.1, 0.15) is 19.5 Å². The lowest BCUT2D eigenvalue weighted by Crippen LogP contribution is -2.14. The first-order valence-corrected chi connectivity index (χ1v) is 4.20. The summed E-state index contributed by atoms with van der Waals surface area (Å²) < 4.78 is 1.71. The summed E-state index contributed by atoms with van der Waals surface area (Å²) in [6, 6.07) is 0. The molecular formula is C9H11ClN2O. The lowest BCUT2D eigenvalue weighted by atomic mass is 10.1. The fourth-order valence-corrected chi connectivity index (χ4v) is 0.978. The molecule has 70 valence electrons. The lowest BCUT2D eigenvalue weighted by Gasteiger charge is -2.05. The van der Waals surface area contributed by atoms with Crippen molar-refractivity contribution in [3.63, 3.8) is 0 Å². The Bertz CT molecular complexity index is 346. The molecular weight excluding hydrogens is 188 g/mol. The van der Waals surface area contributed by atoms with Gasteiger partial charge in [-0.3, -0.25) is 0 Å². The van der Waals surface area contributed by atoms with Crippen molar-refractivity contribution < 1.29 is 5.11 Å². The number of nitrogens with zero attached hydrogens (tertiary/aromatic N) is 2. The van der Waals surface area contributed by atoms with Gasteiger partial charge < -0.3 is 9.67 Å². The van der Waals surface area contributed by atoms with Gasteiger partial charge >= 0.3 is 0 Å².